The van der Waals surface area contributed by atoms with Crippen molar-refractivity contribution in [2.24, 2.45) is 0 Å². The van der Waals surface area contributed by atoms with Crippen LogP contribution in [-0.2, 0) is 4.79 Å². The number of hydrogen-bond donors (Lipinski definition) is 1. The summed E-state index contributed by atoms with van der Waals surface area (Å²) < 4.78 is 5.05. The second-order valence-corrected chi connectivity index (χ2v) is 2.85. The second kappa shape index (κ2) is 5.21. The molecule has 14 heavy (non-hydrogen) atoms. The first-order valence-corrected chi connectivity index (χ1v) is 4.56. The van der Waals surface area contributed by atoms with Crippen molar-refractivity contribution in [3.63, 3.8) is 0 Å². The molecular weight excluding hydrogens is 180 g/mol. The van der Waals surface area contributed by atoms with E-state index in [9.17, 15) is 4.79 Å². The Morgan fingerprint density at radius 2 is 2.43 bits per heavy atom. The molecule has 0 aliphatic heterocycles. The van der Waals surface area contributed by atoms with Crippen molar-refractivity contribution < 1.29 is 9.53 Å². The third kappa shape index (κ3) is 2.73. The summed E-state index contributed by atoms with van der Waals surface area (Å²) in [5, 5.41) is 2.69. The number of amides is 1. The molecule has 0 saturated heterocycles. The van der Waals surface area contributed by atoms with Gasteiger partial charge in [0.1, 0.15) is 0 Å². The fourth-order valence-electron chi connectivity index (χ4n) is 1.07. The van der Waals surface area contributed by atoms with Crippen molar-refractivity contribution in [1.82, 2.24) is 4.98 Å². The summed E-state index contributed by atoms with van der Waals surface area (Å²) >= 11 is 0. The zero-order valence-corrected chi connectivity index (χ0v) is 8.41. The van der Waals surface area contributed by atoms with Crippen LogP contribution in [0.4, 0.5) is 5.82 Å². The molecular formula is C10H14N2O2. The summed E-state index contributed by atoms with van der Waals surface area (Å²) in [7, 11) is 1.55. The molecule has 0 fully saturated rings. The second-order valence-electron chi connectivity index (χ2n) is 2.85. The molecule has 4 nitrogen and oxygen atoms in total. The van der Waals surface area contributed by atoms with Crippen molar-refractivity contribution in [3.05, 3.63) is 18.3 Å². The molecule has 76 valence electrons. The average molecular weight is 194 g/mol. The predicted octanol–water partition coefficient (Wildman–Crippen LogP) is 1.83. The van der Waals surface area contributed by atoms with E-state index in [1.54, 1.807) is 25.4 Å². The quantitative estimate of drug-likeness (QED) is 0.795. The topological polar surface area (TPSA) is 51.2 Å². The first-order valence-electron chi connectivity index (χ1n) is 4.56. The van der Waals surface area contributed by atoms with Gasteiger partial charge in [-0.1, -0.05) is 6.92 Å². The molecule has 0 atom stereocenters. The monoisotopic (exact) mass is 194 g/mol. The normalized spacial score (nSPS) is 9.57. The molecule has 0 bridgehead atoms. The van der Waals surface area contributed by atoms with E-state index in [1.807, 2.05) is 6.92 Å². The van der Waals surface area contributed by atoms with E-state index in [0.29, 0.717) is 18.0 Å². The van der Waals surface area contributed by atoms with Crippen molar-refractivity contribution in [2.75, 3.05) is 12.4 Å². The van der Waals surface area contributed by atoms with E-state index < -0.39 is 0 Å². The summed E-state index contributed by atoms with van der Waals surface area (Å²) in [6.07, 6.45) is 2.94. The summed E-state index contributed by atoms with van der Waals surface area (Å²) in [5.74, 6) is 1.02. The molecule has 0 spiro atoms. The van der Waals surface area contributed by atoms with Gasteiger partial charge in [0, 0.05) is 12.6 Å². The van der Waals surface area contributed by atoms with Gasteiger partial charge in [-0.15, -0.1) is 0 Å². The highest BCUT2D eigenvalue weighted by molar-refractivity contribution is 5.90. The highest BCUT2D eigenvalue weighted by Gasteiger charge is 2.06. The minimum Gasteiger partial charge on any atom is -0.493 e. The highest BCUT2D eigenvalue weighted by Crippen LogP contribution is 2.19. The maximum Gasteiger partial charge on any atom is 0.225 e. The van der Waals surface area contributed by atoms with E-state index in [0.717, 1.165) is 6.42 Å². The molecule has 0 aliphatic rings. The molecule has 1 heterocycles. The SMILES string of the molecule is CCCC(=O)Nc1ncccc1OC. The van der Waals surface area contributed by atoms with Gasteiger partial charge in [0.25, 0.3) is 0 Å². The van der Waals surface area contributed by atoms with Crippen LogP contribution in [0.15, 0.2) is 18.3 Å². The Labute approximate surface area is 83.3 Å². The average Bonchev–Trinajstić information content (AvgIpc) is 2.19. The molecule has 1 N–H and O–H groups in total. The van der Waals surface area contributed by atoms with Crippen LogP contribution in [0, 0.1) is 0 Å². The van der Waals surface area contributed by atoms with Crippen molar-refractivity contribution in [3.8, 4) is 5.75 Å². The van der Waals surface area contributed by atoms with Crippen LogP contribution >= 0.6 is 0 Å². The number of carbonyl (C=O) groups excluding carboxylic acids is 1. The lowest BCUT2D eigenvalue weighted by Crippen LogP contribution is -2.12. The van der Waals surface area contributed by atoms with Crippen LogP contribution < -0.4 is 10.1 Å². The smallest absolute Gasteiger partial charge is 0.225 e. The molecule has 4 heteroatoms. The minimum atomic E-state index is -0.0375. The third-order valence-corrected chi connectivity index (χ3v) is 1.73. The predicted molar refractivity (Wildman–Crippen MR) is 54.3 cm³/mol. The van der Waals surface area contributed by atoms with Crippen LogP contribution in [0.5, 0.6) is 5.75 Å². The standard InChI is InChI=1S/C10H14N2O2/c1-3-5-9(13)12-10-8(14-2)6-4-7-11-10/h4,6-7H,3,5H2,1-2H3,(H,11,12,13). The maximum atomic E-state index is 11.3. The van der Waals surface area contributed by atoms with Gasteiger partial charge in [-0.2, -0.15) is 0 Å². The van der Waals surface area contributed by atoms with Gasteiger partial charge in [0.15, 0.2) is 11.6 Å². The van der Waals surface area contributed by atoms with Crippen molar-refractivity contribution in [1.29, 1.82) is 0 Å². The van der Waals surface area contributed by atoms with Gasteiger partial charge in [-0.05, 0) is 18.6 Å². The van der Waals surface area contributed by atoms with E-state index in [-0.39, 0.29) is 5.91 Å². The first kappa shape index (κ1) is 10.5. The van der Waals surface area contributed by atoms with Crippen molar-refractivity contribution >= 4 is 11.7 Å². The Balaban J connectivity index is 2.70. The number of nitrogens with one attached hydrogen (secondary N) is 1. The zero-order chi connectivity index (χ0) is 10.4. The van der Waals surface area contributed by atoms with Crippen molar-refractivity contribution in [2.45, 2.75) is 19.8 Å². The maximum absolute atomic E-state index is 11.3. The van der Waals surface area contributed by atoms with E-state index in [1.165, 1.54) is 0 Å². The van der Waals surface area contributed by atoms with E-state index in [4.69, 9.17) is 4.74 Å². The number of methoxy groups -OCH3 is 1. The molecule has 0 unspecified atom stereocenters. The summed E-state index contributed by atoms with van der Waals surface area (Å²) in [6, 6.07) is 3.52. The minimum absolute atomic E-state index is 0.0375. The number of aromatic nitrogens is 1. The van der Waals surface area contributed by atoms with Crippen LogP contribution in [0.1, 0.15) is 19.8 Å². The molecule has 1 aromatic heterocycles. The molecule has 0 aromatic carbocycles. The van der Waals surface area contributed by atoms with Gasteiger partial charge in [0.2, 0.25) is 5.91 Å². The fourth-order valence-corrected chi connectivity index (χ4v) is 1.07. The number of hydrogen-bond acceptors (Lipinski definition) is 3. The molecule has 0 aliphatic carbocycles. The summed E-state index contributed by atoms with van der Waals surface area (Å²) in [4.78, 5) is 15.3. The fraction of sp³-hybridized carbons (Fsp3) is 0.400. The Morgan fingerprint density at radius 3 is 3.07 bits per heavy atom. The van der Waals surface area contributed by atoms with Gasteiger partial charge in [0.05, 0.1) is 7.11 Å². The number of rotatable bonds is 4. The Kier molecular flexibility index (Phi) is 3.91. The van der Waals surface area contributed by atoms with Crippen LogP contribution in [0.3, 0.4) is 0 Å². The number of ether oxygens (including phenoxy) is 1. The van der Waals surface area contributed by atoms with Gasteiger partial charge in [-0.25, -0.2) is 4.98 Å². The van der Waals surface area contributed by atoms with Crippen LogP contribution in [-0.4, -0.2) is 18.0 Å². The van der Waals surface area contributed by atoms with Crippen LogP contribution in [0.25, 0.3) is 0 Å². The third-order valence-electron chi connectivity index (χ3n) is 1.73. The number of pyridine rings is 1. The first-order chi connectivity index (χ1) is 6.77. The number of carbonyl (C=O) groups is 1. The Morgan fingerprint density at radius 1 is 1.64 bits per heavy atom. The lowest BCUT2D eigenvalue weighted by Gasteiger charge is -2.07. The highest BCUT2D eigenvalue weighted by atomic mass is 16.5. The zero-order valence-electron chi connectivity index (χ0n) is 8.41. The Hall–Kier alpha value is -1.58. The number of nitrogens with zero attached hydrogens (tertiary/aromatic N) is 1. The number of anilines is 1. The Bertz CT molecular complexity index is 313. The van der Waals surface area contributed by atoms with E-state index in [2.05, 4.69) is 10.3 Å². The lowest BCUT2D eigenvalue weighted by atomic mass is 10.3. The van der Waals surface area contributed by atoms with Crippen LogP contribution in [0.2, 0.25) is 0 Å². The molecule has 1 amide bonds. The van der Waals surface area contributed by atoms with Gasteiger partial charge in [-0.3, -0.25) is 4.79 Å². The molecule has 0 radical (unpaired) electrons. The van der Waals surface area contributed by atoms with E-state index >= 15 is 0 Å². The molecule has 1 aromatic rings. The molecule has 0 saturated carbocycles. The summed E-state index contributed by atoms with van der Waals surface area (Å²) in [6.45, 7) is 1.95. The lowest BCUT2D eigenvalue weighted by molar-refractivity contribution is -0.116. The largest absolute Gasteiger partial charge is 0.493 e. The van der Waals surface area contributed by atoms with Gasteiger partial charge >= 0.3 is 0 Å². The molecule has 1 rings (SSSR count). The van der Waals surface area contributed by atoms with Gasteiger partial charge < -0.3 is 10.1 Å². The summed E-state index contributed by atoms with van der Waals surface area (Å²) in [5.41, 5.74) is 0.